The van der Waals surface area contributed by atoms with Crippen molar-refractivity contribution in [2.75, 3.05) is 6.79 Å². The molecule has 128 valence electrons. The van der Waals surface area contributed by atoms with Gasteiger partial charge in [-0.25, -0.2) is 9.79 Å². The van der Waals surface area contributed by atoms with Gasteiger partial charge in [0.25, 0.3) is 0 Å². The molecule has 2 aromatic carbocycles. The topological polar surface area (TPSA) is 57.1 Å². The van der Waals surface area contributed by atoms with Crippen LogP contribution in [0.4, 0.5) is 0 Å². The molecule has 2 aliphatic heterocycles. The van der Waals surface area contributed by atoms with E-state index >= 15 is 0 Å². The van der Waals surface area contributed by atoms with Crippen LogP contribution in [0.15, 0.2) is 53.2 Å². The molecule has 0 saturated heterocycles. The molecule has 0 amide bonds. The van der Waals surface area contributed by atoms with Gasteiger partial charge in [-0.05, 0) is 29.8 Å². The molecular formula is C19H10ClNO4S. The zero-order chi connectivity index (χ0) is 17.7. The Kier molecular flexibility index (Phi) is 3.48. The highest BCUT2D eigenvalue weighted by molar-refractivity contribution is 7.21. The Balaban J connectivity index is 1.54. The first kappa shape index (κ1) is 15.4. The van der Waals surface area contributed by atoms with E-state index in [-0.39, 0.29) is 18.4 Å². The number of fused-ring (bicyclic) bond motifs is 2. The lowest BCUT2D eigenvalue weighted by Crippen LogP contribution is -2.04. The van der Waals surface area contributed by atoms with Crippen molar-refractivity contribution in [2.45, 2.75) is 0 Å². The van der Waals surface area contributed by atoms with Crippen LogP contribution in [0.25, 0.3) is 16.2 Å². The number of ether oxygens (including phenoxy) is 3. The fraction of sp³-hybridized carbons (Fsp3) is 0.0526. The molecule has 0 N–H and O–H groups in total. The number of carbonyl (C=O) groups is 1. The van der Waals surface area contributed by atoms with Crippen LogP contribution in [0.2, 0.25) is 5.02 Å². The maximum atomic E-state index is 12.2. The number of nitrogens with zero attached hydrogens (tertiary/aromatic N) is 1. The number of carbonyl (C=O) groups excluding carboxylic acids is 1. The van der Waals surface area contributed by atoms with Gasteiger partial charge in [0.15, 0.2) is 17.2 Å². The van der Waals surface area contributed by atoms with Crippen LogP contribution in [0, 0.1) is 0 Å². The van der Waals surface area contributed by atoms with Crippen molar-refractivity contribution in [1.82, 2.24) is 0 Å². The summed E-state index contributed by atoms with van der Waals surface area (Å²) in [5.41, 5.74) is 0.987. The molecule has 0 unspecified atom stereocenters. The number of thiophene rings is 1. The minimum absolute atomic E-state index is 0.199. The summed E-state index contributed by atoms with van der Waals surface area (Å²) in [4.78, 5) is 17.2. The molecule has 0 aliphatic carbocycles. The van der Waals surface area contributed by atoms with E-state index in [2.05, 4.69) is 4.99 Å². The lowest BCUT2D eigenvalue weighted by Gasteiger charge is -1.97. The molecular weight excluding hydrogens is 374 g/mol. The van der Waals surface area contributed by atoms with Gasteiger partial charge < -0.3 is 14.2 Å². The summed E-state index contributed by atoms with van der Waals surface area (Å²) in [6.07, 6.45) is 1.65. The summed E-state index contributed by atoms with van der Waals surface area (Å²) in [5.74, 6) is 1.05. The predicted molar refractivity (Wildman–Crippen MR) is 100 cm³/mol. The van der Waals surface area contributed by atoms with E-state index in [1.165, 1.54) is 11.3 Å². The van der Waals surface area contributed by atoms with Crippen LogP contribution in [0.5, 0.6) is 11.5 Å². The molecule has 2 aliphatic rings. The van der Waals surface area contributed by atoms with E-state index in [9.17, 15) is 4.79 Å². The summed E-state index contributed by atoms with van der Waals surface area (Å²) in [6.45, 7) is 0.199. The van der Waals surface area contributed by atoms with Gasteiger partial charge in [-0.1, -0.05) is 35.9 Å². The van der Waals surface area contributed by atoms with Crippen LogP contribution in [-0.2, 0) is 9.53 Å². The summed E-state index contributed by atoms with van der Waals surface area (Å²) < 4.78 is 17.0. The Hall–Kier alpha value is -2.83. The molecule has 26 heavy (non-hydrogen) atoms. The maximum Gasteiger partial charge on any atom is 0.363 e. The molecule has 0 fully saturated rings. The quantitative estimate of drug-likeness (QED) is 0.478. The Bertz CT molecular complexity index is 1130. The predicted octanol–water partition coefficient (Wildman–Crippen LogP) is 4.63. The van der Waals surface area contributed by atoms with Crippen molar-refractivity contribution in [3.05, 3.63) is 63.6 Å². The minimum atomic E-state index is -0.508. The number of benzene rings is 2. The Morgan fingerprint density at radius 3 is 2.85 bits per heavy atom. The number of hydrogen-bond donors (Lipinski definition) is 0. The summed E-state index contributed by atoms with van der Waals surface area (Å²) >= 11 is 7.89. The molecule has 0 atom stereocenters. The van der Waals surface area contributed by atoms with Crippen molar-refractivity contribution in [3.63, 3.8) is 0 Å². The zero-order valence-electron chi connectivity index (χ0n) is 13.2. The fourth-order valence-corrected chi connectivity index (χ4v) is 4.26. The number of cyclic esters (lactones) is 1. The highest BCUT2D eigenvalue weighted by Gasteiger charge is 2.28. The van der Waals surface area contributed by atoms with Gasteiger partial charge in [0.1, 0.15) is 4.88 Å². The average Bonchev–Trinajstić information content (AvgIpc) is 3.33. The Labute approximate surface area is 157 Å². The molecule has 3 heterocycles. The monoisotopic (exact) mass is 383 g/mol. The Morgan fingerprint density at radius 2 is 1.96 bits per heavy atom. The van der Waals surface area contributed by atoms with Gasteiger partial charge in [-0.15, -0.1) is 11.3 Å². The van der Waals surface area contributed by atoms with Crippen LogP contribution >= 0.6 is 22.9 Å². The smallest absolute Gasteiger partial charge is 0.363 e. The number of rotatable bonds is 2. The van der Waals surface area contributed by atoms with Gasteiger partial charge in [0.05, 0.1) is 5.02 Å². The van der Waals surface area contributed by atoms with E-state index in [0.29, 0.717) is 21.4 Å². The van der Waals surface area contributed by atoms with Crippen molar-refractivity contribution >= 4 is 51.0 Å². The van der Waals surface area contributed by atoms with Gasteiger partial charge in [0.2, 0.25) is 12.7 Å². The highest BCUT2D eigenvalue weighted by atomic mass is 35.5. The standard InChI is InChI=1S/C19H10ClNO4S/c20-16-11-3-1-2-4-15(11)26-17(16)18-21-12(19(22)25-18)7-10-5-6-13-14(8-10)24-9-23-13/h1-8H,9H2. The maximum absolute atomic E-state index is 12.2. The van der Waals surface area contributed by atoms with E-state index in [0.717, 1.165) is 15.6 Å². The number of esters is 1. The van der Waals surface area contributed by atoms with Crippen LogP contribution in [0.3, 0.4) is 0 Å². The van der Waals surface area contributed by atoms with E-state index in [1.807, 2.05) is 30.3 Å². The minimum Gasteiger partial charge on any atom is -0.454 e. The van der Waals surface area contributed by atoms with E-state index < -0.39 is 5.97 Å². The second-order valence-corrected chi connectivity index (χ2v) is 7.12. The lowest BCUT2D eigenvalue weighted by atomic mass is 10.1. The largest absolute Gasteiger partial charge is 0.454 e. The second kappa shape index (κ2) is 5.86. The zero-order valence-corrected chi connectivity index (χ0v) is 14.8. The third-order valence-electron chi connectivity index (χ3n) is 4.05. The van der Waals surface area contributed by atoms with Gasteiger partial charge in [-0.3, -0.25) is 0 Å². The number of halogens is 1. The first-order chi connectivity index (χ1) is 12.7. The molecule has 0 saturated carbocycles. The summed E-state index contributed by atoms with van der Waals surface area (Å²) in [7, 11) is 0. The number of hydrogen-bond acceptors (Lipinski definition) is 6. The third-order valence-corrected chi connectivity index (χ3v) is 5.71. The molecule has 0 radical (unpaired) electrons. The number of aliphatic imine (C=N–C) groups is 1. The van der Waals surface area contributed by atoms with Crippen LogP contribution in [0.1, 0.15) is 10.4 Å². The summed E-state index contributed by atoms with van der Waals surface area (Å²) in [5, 5.41) is 1.46. The van der Waals surface area contributed by atoms with Gasteiger partial charge in [-0.2, -0.15) is 0 Å². The fourth-order valence-electron chi connectivity index (χ4n) is 2.82. The highest BCUT2D eigenvalue weighted by Crippen LogP contribution is 2.38. The van der Waals surface area contributed by atoms with Crippen molar-refractivity contribution < 1.29 is 19.0 Å². The molecule has 5 rings (SSSR count). The van der Waals surface area contributed by atoms with Crippen molar-refractivity contribution in [3.8, 4) is 11.5 Å². The molecule has 7 heteroatoms. The van der Waals surface area contributed by atoms with E-state index in [1.54, 1.807) is 18.2 Å². The normalized spacial score (nSPS) is 17.0. The Morgan fingerprint density at radius 1 is 1.12 bits per heavy atom. The van der Waals surface area contributed by atoms with E-state index in [4.69, 9.17) is 25.8 Å². The third kappa shape index (κ3) is 2.46. The summed E-state index contributed by atoms with van der Waals surface area (Å²) in [6, 6.07) is 13.2. The molecule has 5 nitrogen and oxygen atoms in total. The second-order valence-electron chi connectivity index (χ2n) is 5.69. The molecule has 1 aromatic heterocycles. The molecule has 0 spiro atoms. The first-order valence-electron chi connectivity index (χ1n) is 7.79. The van der Waals surface area contributed by atoms with Crippen molar-refractivity contribution in [1.29, 1.82) is 0 Å². The first-order valence-corrected chi connectivity index (χ1v) is 8.98. The SMILES string of the molecule is O=C1OC(c2sc3ccccc3c2Cl)=NC1=Cc1ccc2c(c1)OCO2. The van der Waals surface area contributed by atoms with Gasteiger partial charge in [0, 0.05) is 10.1 Å². The average molecular weight is 384 g/mol. The van der Waals surface area contributed by atoms with Crippen molar-refractivity contribution in [2.24, 2.45) is 4.99 Å². The molecule has 3 aromatic rings. The van der Waals surface area contributed by atoms with Gasteiger partial charge >= 0.3 is 5.97 Å². The molecule has 0 bridgehead atoms. The lowest BCUT2D eigenvalue weighted by molar-refractivity contribution is -0.129. The van der Waals surface area contributed by atoms with Crippen LogP contribution in [-0.4, -0.2) is 18.7 Å². The van der Waals surface area contributed by atoms with Crippen LogP contribution < -0.4 is 9.47 Å².